The summed E-state index contributed by atoms with van der Waals surface area (Å²) in [5, 5.41) is 4.48. The van der Waals surface area contributed by atoms with Crippen molar-refractivity contribution in [2.24, 2.45) is 17.3 Å². The van der Waals surface area contributed by atoms with Crippen molar-refractivity contribution in [1.82, 2.24) is 19.7 Å². The molecule has 0 radical (unpaired) electrons. The van der Waals surface area contributed by atoms with Gasteiger partial charge in [-0.2, -0.15) is 5.10 Å². The summed E-state index contributed by atoms with van der Waals surface area (Å²) in [6, 6.07) is 3.92. The molecule has 2 aromatic rings. The lowest BCUT2D eigenvalue weighted by Gasteiger charge is -2.61. The van der Waals surface area contributed by atoms with Crippen molar-refractivity contribution in [3.63, 3.8) is 0 Å². The summed E-state index contributed by atoms with van der Waals surface area (Å²) in [5.74, 6) is 3.28. The molecule has 4 aliphatic carbocycles. The lowest BCUT2D eigenvalue weighted by Crippen LogP contribution is -2.61. The van der Waals surface area contributed by atoms with Gasteiger partial charge in [0.2, 0.25) is 5.91 Å². The minimum Gasteiger partial charge on any atom is -0.464 e. The fourth-order valence-corrected chi connectivity index (χ4v) is 6.47. The van der Waals surface area contributed by atoms with E-state index in [0.717, 1.165) is 43.6 Å². The fraction of sp³-hybridized carbons (Fsp3) is 0.650. The number of carbonyl (C=O) groups is 1. The molecule has 2 heterocycles. The Morgan fingerprint density at radius 2 is 2.08 bits per heavy atom. The van der Waals surface area contributed by atoms with Crippen LogP contribution in [0.5, 0.6) is 0 Å². The molecule has 0 aliphatic heterocycles. The predicted molar refractivity (Wildman–Crippen MR) is 95.0 cm³/mol. The third kappa shape index (κ3) is 2.34. The highest BCUT2D eigenvalue weighted by atomic mass is 16.3. The van der Waals surface area contributed by atoms with E-state index in [0.29, 0.717) is 18.4 Å². The second-order valence-electron chi connectivity index (χ2n) is 8.98. The van der Waals surface area contributed by atoms with Crippen LogP contribution in [0.25, 0.3) is 0 Å². The summed E-state index contributed by atoms with van der Waals surface area (Å²) < 4.78 is 7.74. The highest BCUT2D eigenvalue weighted by Gasteiger charge is 2.62. The first kappa shape index (κ1) is 16.1. The Morgan fingerprint density at radius 1 is 1.31 bits per heavy atom. The molecule has 4 bridgehead atoms. The zero-order chi connectivity index (χ0) is 17.9. The maximum absolute atomic E-state index is 13.6. The maximum Gasteiger partial charge on any atom is 0.229 e. The van der Waals surface area contributed by atoms with Crippen LogP contribution in [0.3, 0.4) is 0 Å². The first-order chi connectivity index (χ1) is 12.5. The number of aryl methyl sites for hydroxylation is 1. The molecule has 4 saturated carbocycles. The van der Waals surface area contributed by atoms with Crippen LogP contribution >= 0.6 is 0 Å². The van der Waals surface area contributed by atoms with Gasteiger partial charge in [0.25, 0.3) is 0 Å². The summed E-state index contributed by atoms with van der Waals surface area (Å²) in [6.45, 7) is 2.48. The summed E-state index contributed by atoms with van der Waals surface area (Å²) in [4.78, 5) is 19.6. The van der Waals surface area contributed by atoms with Gasteiger partial charge in [0.15, 0.2) is 0 Å². The van der Waals surface area contributed by atoms with Gasteiger partial charge in [-0.1, -0.05) is 0 Å². The molecule has 1 amide bonds. The van der Waals surface area contributed by atoms with Gasteiger partial charge in [0, 0.05) is 7.05 Å². The quantitative estimate of drug-likeness (QED) is 0.846. The maximum atomic E-state index is 13.6. The van der Waals surface area contributed by atoms with E-state index in [2.05, 4.69) is 14.8 Å². The molecule has 6 rings (SSSR count). The number of amides is 1. The normalized spacial score (nSPS) is 35.0. The minimum atomic E-state index is -0.244. The van der Waals surface area contributed by atoms with Crippen molar-refractivity contribution in [1.29, 1.82) is 0 Å². The van der Waals surface area contributed by atoms with E-state index in [4.69, 9.17) is 4.42 Å². The molecule has 4 fully saturated rings. The van der Waals surface area contributed by atoms with Crippen molar-refractivity contribution < 1.29 is 9.21 Å². The first-order valence-electron chi connectivity index (χ1n) is 9.64. The van der Waals surface area contributed by atoms with Crippen molar-refractivity contribution in [2.75, 3.05) is 7.05 Å². The zero-order valence-electron chi connectivity index (χ0n) is 15.5. The molecule has 26 heavy (non-hydrogen) atoms. The van der Waals surface area contributed by atoms with Crippen LogP contribution in [0, 0.1) is 24.2 Å². The van der Waals surface area contributed by atoms with Gasteiger partial charge < -0.3 is 9.32 Å². The van der Waals surface area contributed by atoms with Crippen LogP contribution in [-0.4, -0.2) is 32.6 Å². The van der Waals surface area contributed by atoms with E-state index >= 15 is 0 Å². The van der Waals surface area contributed by atoms with E-state index in [1.165, 1.54) is 6.42 Å². The molecule has 2 unspecified atom stereocenters. The molecule has 6 nitrogen and oxygen atoms in total. The number of aromatic nitrogens is 3. The first-order valence-corrected chi connectivity index (χ1v) is 9.64. The number of hydrogen-bond acceptors (Lipinski definition) is 4. The second kappa shape index (κ2) is 5.44. The third-order valence-corrected chi connectivity index (χ3v) is 6.92. The van der Waals surface area contributed by atoms with E-state index in [9.17, 15) is 4.79 Å². The Labute approximate surface area is 153 Å². The van der Waals surface area contributed by atoms with Crippen molar-refractivity contribution >= 4 is 5.91 Å². The van der Waals surface area contributed by atoms with Crippen molar-refractivity contribution in [3.05, 3.63) is 36.3 Å². The number of carbonyl (C=O) groups excluding carboxylic acids is 1. The SMILES string of the molecule is Cc1ccc(CN(C)C(=O)C23CC4CC(C2)CC(n2cncn2)(C4)C3)o1. The second-order valence-corrected chi connectivity index (χ2v) is 8.98. The van der Waals surface area contributed by atoms with Gasteiger partial charge in [-0.15, -0.1) is 0 Å². The topological polar surface area (TPSA) is 64.2 Å². The van der Waals surface area contributed by atoms with Gasteiger partial charge >= 0.3 is 0 Å². The monoisotopic (exact) mass is 354 g/mol. The molecule has 0 spiro atoms. The molecule has 2 atom stereocenters. The Balaban J connectivity index is 1.43. The van der Waals surface area contributed by atoms with Gasteiger partial charge in [0.1, 0.15) is 24.2 Å². The molecule has 2 aromatic heterocycles. The molecular formula is C20H26N4O2. The highest BCUT2D eigenvalue weighted by molar-refractivity contribution is 5.83. The summed E-state index contributed by atoms with van der Waals surface area (Å²) >= 11 is 0. The lowest BCUT2D eigenvalue weighted by molar-refractivity contribution is -0.166. The molecular weight excluding hydrogens is 328 g/mol. The fourth-order valence-electron chi connectivity index (χ4n) is 6.47. The molecule has 6 heteroatoms. The van der Waals surface area contributed by atoms with Crippen molar-refractivity contribution in [3.8, 4) is 0 Å². The van der Waals surface area contributed by atoms with Gasteiger partial charge in [-0.05, 0) is 69.4 Å². The highest BCUT2D eigenvalue weighted by Crippen LogP contribution is 2.64. The summed E-state index contributed by atoms with van der Waals surface area (Å²) in [7, 11) is 1.92. The molecule has 4 aliphatic rings. The summed E-state index contributed by atoms with van der Waals surface area (Å²) in [5.41, 5.74) is -0.259. The number of furan rings is 1. The van der Waals surface area contributed by atoms with E-state index in [-0.39, 0.29) is 16.9 Å². The lowest BCUT2D eigenvalue weighted by atomic mass is 9.46. The van der Waals surface area contributed by atoms with E-state index in [1.54, 1.807) is 6.33 Å². The predicted octanol–water partition coefficient (Wildman–Crippen LogP) is 3.13. The van der Waals surface area contributed by atoms with Gasteiger partial charge in [-0.3, -0.25) is 4.79 Å². The van der Waals surface area contributed by atoms with Crippen LogP contribution < -0.4 is 0 Å². The van der Waals surface area contributed by atoms with Gasteiger partial charge in [-0.25, -0.2) is 9.67 Å². The Morgan fingerprint density at radius 3 is 2.69 bits per heavy atom. The van der Waals surface area contributed by atoms with Gasteiger partial charge in [0.05, 0.1) is 17.5 Å². The molecule has 138 valence electrons. The van der Waals surface area contributed by atoms with Crippen LogP contribution in [0.4, 0.5) is 0 Å². The Hall–Kier alpha value is -2.11. The van der Waals surface area contributed by atoms with E-state index in [1.807, 2.05) is 37.3 Å². The van der Waals surface area contributed by atoms with Crippen LogP contribution in [0.2, 0.25) is 0 Å². The zero-order valence-corrected chi connectivity index (χ0v) is 15.5. The smallest absolute Gasteiger partial charge is 0.229 e. The number of rotatable bonds is 4. The minimum absolute atomic E-state index is 0.0155. The standard InChI is InChI=1S/C20H26N4O2/c1-14-3-4-17(26-14)10-23(2)18(25)19-6-15-5-16(7-19)9-20(8-15,11-19)24-13-21-12-22-24/h3-4,12-13,15-16H,5-11H2,1-2H3. The van der Waals surface area contributed by atoms with Crippen LogP contribution in [0.15, 0.2) is 29.2 Å². The summed E-state index contributed by atoms with van der Waals surface area (Å²) in [6.07, 6.45) is 9.98. The molecule has 0 N–H and O–H groups in total. The average molecular weight is 354 g/mol. The molecule has 0 saturated heterocycles. The number of nitrogens with zero attached hydrogens (tertiary/aromatic N) is 4. The third-order valence-electron chi connectivity index (χ3n) is 6.92. The van der Waals surface area contributed by atoms with Crippen molar-refractivity contribution in [2.45, 2.75) is 57.5 Å². The number of hydrogen-bond donors (Lipinski definition) is 0. The Bertz CT molecular complexity index is 811. The Kier molecular flexibility index (Phi) is 3.37. The van der Waals surface area contributed by atoms with Crippen LogP contribution in [-0.2, 0) is 16.9 Å². The van der Waals surface area contributed by atoms with E-state index < -0.39 is 0 Å². The average Bonchev–Trinajstić information content (AvgIpc) is 3.25. The van der Waals surface area contributed by atoms with Crippen LogP contribution in [0.1, 0.15) is 50.0 Å². The molecule has 0 aromatic carbocycles. The largest absolute Gasteiger partial charge is 0.464 e.